The topological polar surface area (TPSA) is 133 Å². The number of aromatic nitrogens is 6. The van der Waals surface area contributed by atoms with Gasteiger partial charge in [-0.05, 0) is 33.2 Å². The molecule has 0 saturated heterocycles. The molecular formula is C17H11N7O2. The average molecular weight is 345 g/mol. The Morgan fingerprint density at radius 1 is 0.923 bits per heavy atom. The summed E-state index contributed by atoms with van der Waals surface area (Å²) in [5.74, 6) is 0.557. The second-order valence-corrected chi connectivity index (χ2v) is 5.65. The highest BCUT2D eigenvalue weighted by Gasteiger charge is 2.18. The minimum absolute atomic E-state index is 0.0961. The summed E-state index contributed by atoms with van der Waals surface area (Å²) in [7, 11) is 0. The van der Waals surface area contributed by atoms with E-state index < -0.39 is 0 Å². The van der Waals surface area contributed by atoms with Gasteiger partial charge in [-0.3, -0.25) is 5.10 Å². The van der Waals surface area contributed by atoms with Crippen molar-refractivity contribution in [2.45, 2.75) is 0 Å². The fourth-order valence-electron chi connectivity index (χ4n) is 2.71. The number of hydrogen-bond acceptors (Lipinski definition) is 8. The van der Waals surface area contributed by atoms with Gasteiger partial charge in [-0.25, -0.2) is 4.63 Å². The number of fused-ring (bicyclic) bond motifs is 1. The van der Waals surface area contributed by atoms with Crippen LogP contribution in [0.4, 0.5) is 5.82 Å². The number of benzene rings is 2. The fourth-order valence-corrected chi connectivity index (χ4v) is 2.71. The highest BCUT2D eigenvalue weighted by atomic mass is 16.6. The van der Waals surface area contributed by atoms with Crippen molar-refractivity contribution in [2.24, 2.45) is 0 Å². The van der Waals surface area contributed by atoms with Crippen LogP contribution in [0.15, 0.2) is 57.7 Å². The normalized spacial score (nSPS) is 11.2. The SMILES string of the molecule is Nc1nonc1-c1noc(-c2cc(-c3ccc4ccccc4c3)n[nH]2)n1. The van der Waals surface area contributed by atoms with E-state index in [4.69, 9.17) is 10.3 Å². The molecule has 0 spiro atoms. The van der Waals surface area contributed by atoms with Crippen LogP contribution in [0.25, 0.3) is 45.1 Å². The van der Waals surface area contributed by atoms with Crippen LogP contribution in [0.1, 0.15) is 0 Å². The first-order valence-corrected chi connectivity index (χ1v) is 7.75. The molecule has 126 valence electrons. The largest absolute Gasteiger partial charge is 0.379 e. The van der Waals surface area contributed by atoms with Crippen molar-refractivity contribution < 1.29 is 9.15 Å². The second kappa shape index (κ2) is 5.52. The molecule has 0 atom stereocenters. The Bertz CT molecular complexity index is 1220. The number of nitrogen functional groups attached to an aromatic ring is 1. The van der Waals surface area contributed by atoms with Crippen molar-refractivity contribution >= 4 is 16.6 Å². The summed E-state index contributed by atoms with van der Waals surface area (Å²) in [6.45, 7) is 0. The standard InChI is InChI=1S/C17H11N7O2/c18-15-14(22-26-23-15)16-19-17(25-24-16)13-8-12(20-21-13)11-6-5-9-3-1-2-4-10(9)7-11/h1-8H,(H2,18,23)(H,20,21). The number of H-pyrrole nitrogens is 1. The monoisotopic (exact) mass is 345 g/mol. The maximum absolute atomic E-state index is 5.64. The van der Waals surface area contributed by atoms with E-state index in [0.29, 0.717) is 5.69 Å². The van der Waals surface area contributed by atoms with Gasteiger partial charge < -0.3 is 10.3 Å². The fraction of sp³-hybridized carbons (Fsp3) is 0. The summed E-state index contributed by atoms with van der Waals surface area (Å²) in [6.07, 6.45) is 0. The third-order valence-electron chi connectivity index (χ3n) is 4.01. The minimum Gasteiger partial charge on any atom is -0.379 e. The molecule has 5 aromatic rings. The van der Waals surface area contributed by atoms with E-state index in [0.717, 1.165) is 16.6 Å². The Morgan fingerprint density at radius 3 is 2.65 bits per heavy atom. The first-order chi connectivity index (χ1) is 12.8. The molecule has 0 saturated carbocycles. The zero-order valence-corrected chi connectivity index (χ0v) is 13.2. The number of nitrogens with two attached hydrogens (primary N) is 1. The van der Waals surface area contributed by atoms with Crippen molar-refractivity contribution in [2.75, 3.05) is 5.73 Å². The summed E-state index contributed by atoms with van der Waals surface area (Å²) in [6, 6.07) is 16.1. The summed E-state index contributed by atoms with van der Waals surface area (Å²) in [4.78, 5) is 4.25. The van der Waals surface area contributed by atoms with E-state index in [1.54, 1.807) is 0 Å². The van der Waals surface area contributed by atoms with Gasteiger partial charge in [0.25, 0.3) is 5.89 Å². The van der Waals surface area contributed by atoms with Crippen LogP contribution >= 0.6 is 0 Å². The van der Waals surface area contributed by atoms with Gasteiger partial charge in [-0.2, -0.15) is 10.1 Å². The van der Waals surface area contributed by atoms with Gasteiger partial charge in [0.15, 0.2) is 11.5 Å². The van der Waals surface area contributed by atoms with E-state index in [1.807, 2.05) is 24.3 Å². The molecule has 0 unspecified atom stereocenters. The Balaban J connectivity index is 1.50. The quantitative estimate of drug-likeness (QED) is 0.510. The molecule has 9 heteroatoms. The molecular weight excluding hydrogens is 334 g/mol. The smallest absolute Gasteiger partial charge is 0.276 e. The molecule has 9 nitrogen and oxygen atoms in total. The molecule has 3 aromatic heterocycles. The lowest BCUT2D eigenvalue weighted by atomic mass is 10.1. The van der Waals surface area contributed by atoms with E-state index in [2.05, 4.69) is 59.5 Å². The van der Waals surface area contributed by atoms with Crippen LogP contribution in [0.3, 0.4) is 0 Å². The third kappa shape index (κ3) is 2.30. The van der Waals surface area contributed by atoms with Gasteiger partial charge in [0, 0.05) is 5.56 Å². The lowest BCUT2D eigenvalue weighted by Gasteiger charge is -2.00. The van der Waals surface area contributed by atoms with Crippen molar-refractivity contribution in [1.82, 2.24) is 30.7 Å². The summed E-state index contributed by atoms with van der Waals surface area (Å²) in [5, 5.41) is 20.5. The van der Waals surface area contributed by atoms with Gasteiger partial charge in [-0.1, -0.05) is 41.6 Å². The van der Waals surface area contributed by atoms with Crippen LogP contribution < -0.4 is 5.73 Å². The molecule has 2 aromatic carbocycles. The number of rotatable bonds is 3. The molecule has 0 fully saturated rings. The maximum atomic E-state index is 5.64. The number of aromatic amines is 1. The van der Waals surface area contributed by atoms with Gasteiger partial charge in [0.05, 0.1) is 5.69 Å². The average Bonchev–Trinajstić information content (AvgIpc) is 3.41. The predicted molar refractivity (Wildman–Crippen MR) is 92.5 cm³/mol. The van der Waals surface area contributed by atoms with Crippen LogP contribution in [0.2, 0.25) is 0 Å². The number of nitrogens with one attached hydrogen (secondary N) is 1. The highest BCUT2D eigenvalue weighted by molar-refractivity contribution is 5.87. The molecule has 0 amide bonds. The van der Waals surface area contributed by atoms with E-state index in [-0.39, 0.29) is 23.2 Å². The molecule has 26 heavy (non-hydrogen) atoms. The molecule has 0 aliphatic heterocycles. The molecule has 3 N–H and O–H groups in total. The molecule has 0 bridgehead atoms. The molecule has 0 radical (unpaired) electrons. The zero-order chi connectivity index (χ0) is 17.5. The van der Waals surface area contributed by atoms with E-state index in [1.165, 1.54) is 5.39 Å². The van der Waals surface area contributed by atoms with Gasteiger partial charge >= 0.3 is 0 Å². The van der Waals surface area contributed by atoms with Gasteiger partial charge in [0.1, 0.15) is 5.69 Å². The first-order valence-electron chi connectivity index (χ1n) is 7.75. The maximum Gasteiger partial charge on any atom is 0.276 e. The summed E-state index contributed by atoms with van der Waals surface area (Å²) < 4.78 is 9.80. The predicted octanol–water partition coefficient (Wildman–Crippen LogP) is 2.91. The van der Waals surface area contributed by atoms with Crippen LogP contribution in [0, 0.1) is 0 Å². The van der Waals surface area contributed by atoms with Crippen molar-refractivity contribution in [3.8, 4) is 34.4 Å². The lowest BCUT2D eigenvalue weighted by Crippen LogP contribution is -1.89. The molecule has 0 aliphatic rings. The molecule has 3 heterocycles. The first kappa shape index (κ1) is 14.3. The zero-order valence-electron chi connectivity index (χ0n) is 13.2. The van der Waals surface area contributed by atoms with Crippen molar-refractivity contribution in [3.05, 3.63) is 48.5 Å². The van der Waals surface area contributed by atoms with Gasteiger partial charge in [0.2, 0.25) is 5.82 Å². The lowest BCUT2D eigenvalue weighted by molar-refractivity contribution is 0.310. The number of hydrogen-bond donors (Lipinski definition) is 2. The Hall–Kier alpha value is -4.01. The Morgan fingerprint density at radius 2 is 1.81 bits per heavy atom. The van der Waals surface area contributed by atoms with E-state index in [9.17, 15) is 0 Å². The van der Waals surface area contributed by atoms with Crippen molar-refractivity contribution in [3.63, 3.8) is 0 Å². The summed E-state index contributed by atoms with van der Waals surface area (Å²) in [5.41, 5.74) is 8.21. The van der Waals surface area contributed by atoms with Crippen LogP contribution in [-0.2, 0) is 0 Å². The van der Waals surface area contributed by atoms with Crippen LogP contribution in [0.5, 0.6) is 0 Å². The molecule has 0 aliphatic carbocycles. The Labute approximate surface area is 145 Å². The number of anilines is 1. The number of nitrogens with zero attached hydrogens (tertiary/aromatic N) is 5. The molecule has 5 rings (SSSR count). The Kier molecular flexibility index (Phi) is 3.04. The summed E-state index contributed by atoms with van der Waals surface area (Å²) >= 11 is 0. The minimum atomic E-state index is 0.0961. The second-order valence-electron chi connectivity index (χ2n) is 5.65. The van der Waals surface area contributed by atoms with Crippen LogP contribution in [-0.4, -0.2) is 30.7 Å². The van der Waals surface area contributed by atoms with E-state index >= 15 is 0 Å². The highest BCUT2D eigenvalue weighted by Crippen LogP contribution is 2.27. The third-order valence-corrected chi connectivity index (χ3v) is 4.01. The van der Waals surface area contributed by atoms with Gasteiger partial charge in [-0.15, -0.1) is 0 Å². The van der Waals surface area contributed by atoms with Crippen molar-refractivity contribution in [1.29, 1.82) is 0 Å².